The van der Waals surface area contributed by atoms with E-state index in [2.05, 4.69) is 19.2 Å². The van der Waals surface area contributed by atoms with Gasteiger partial charge in [0.05, 0.1) is 0 Å². The molecular formula is C12H20N2O. The van der Waals surface area contributed by atoms with E-state index in [1.165, 1.54) is 0 Å². The maximum Gasteiger partial charge on any atom is 0.250 e. The van der Waals surface area contributed by atoms with Crippen molar-refractivity contribution >= 4 is 5.91 Å². The average molecular weight is 208 g/mol. The van der Waals surface area contributed by atoms with Gasteiger partial charge >= 0.3 is 0 Å². The molecular weight excluding hydrogens is 188 g/mol. The van der Waals surface area contributed by atoms with Crippen LogP contribution in [0.5, 0.6) is 0 Å². The first-order valence-corrected chi connectivity index (χ1v) is 5.51. The quantitative estimate of drug-likeness (QED) is 0.733. The normalized spacial score (nSPS) is 16.0. The fourth-order valence-corrected chi connectivity index (χ4v) is 1.48. The Hall–Kier alpha value is -1.09. The van der Waals surface area contributed by atoms with Crippen LogP contribution in [0.4, 0.5) is 0 Å². The zero-order valence-corrected chi connectivity index (χ0v) is 9.55. The van der Waals surface area contributed by atoms with Crippen molar-refractivity contribution in [3.63, 3.8) is 0 Å². The number of nitrogens with one attached hydrogen (secondary N) is 1. The molecule has 0 saturated carbocycles. The maximum absolute atomic E-state index is 11.7. The van der Waals surface area contributed by atoms with E-state index in [4.69, 9.17) is 5.73 Å². The Morgan fingerprint density at radius 1 is 1.60 bits per heavy atom. The van der Waals surface area contributed by atoms with E-state index < -0.39 is 0 Å². The highest BCUT2D eigenvalue weighted by Crippen LogP contribution is 2.16. The first-order chi connectivity index (χ1) is 7.13. The Balaban J connectivity index is 2.53. The Morgan fingerprint density at radius 3 is 2.93 bits per heavy atom. The van der Waals surface area contributed by atoms with Gasteiger partial charge < -0.3 is 11.1 Å². The second-order valence-corrected chi connectivity index (χ2v) is 4.31. The Labute approximate surface area is 91.4 Å². The molecule has 0 bridgehead atoms. The number of hydrogen-bond acceptors (Lipinski definition) is 2. The second-order valence-electron chi connectivity index (χ2n) is 4.31. The van der Waals surface area contributed by atoms with Crippen LogP contribution in [0, 0.1) is 5.92 Å². The molecule has 0 aliphatic heterocycles. The van der Waals surface area contributed by atoms with Crippen LogP contribution < -0.4 is 11.1 Å². The Morgan fingerprint density at radius 2 is 2.33 bits per heavy atom. The third-order valence-electron chi connectivity index (χ3n) is 2.38. The molecule has 0 heterocycles. The van der Waals surface area contributed by atoms with E-state index in [1.54, 1.807) is 0 Å². The molecule has 15 heavy (non-hydrogen) atoms. The molecule has 0 atom stereocenters. The summed E-state index contributed by atoms with van der Waals surface area (Å²) in [7, 11) is 0. The number of hydrogen-bond donors (Lipinski definition) is 2. The first-order valence-electron chi connectivity index (χ1n) is 5.51. The van der Waals surface area contributed by atoms with Crippen molar-refractivity contribution in [2.75, 3.05) is 13.1 Å². The van der Waals surface area contributed by atoms with E-state index in [0.29, 0.717) is 12.5 Å². The minimum Gasteiger partial charge on any atom is -0.352 e. The Kier molecular flexibility index (Phi) is 4.56. The van der Waals surface area contributed by atoms with E-state index in [0.717, 1.165) is 30.5 Å². The molecule has 0 aromatic carbocycles. The van der Waals surface area contributed by atoms with E-state index in [9.17, 15) is 4.79 Å². The number of nitrogens with two attached hydrogens (primary N) is 1. The van der Waals surface area contributed by atoms with Gasteiger partial charge in [0.2, 0.25) is 0 Å². The standard InChI is InChI=1S/C12H20N2O/c1-9(2)8-14-12(15)11-5-3-4-10(6-11)7-13/h5-6,9H,3-4,7-8,13H2,1-2H3,(H,14,15). The molecule has 84 valence electrons. The summed E-state index contributed by atoms with van der Waals surface area (Å²) in [4.78, 5) is 11.7. The van der Waals surface area contributed by atoms with Crippen molar-refractivity contribution in [3.05, 3.63) is 23.3 Å². The van der Waals surface area contributed by atoms with Gasteiger partial charge in [-0.2, -0.15) is 0 Å². The molecule has 0 aromatic rings. The molecule has 3 heteroatoms. The molecule has 0 fully saturated rings. The van der Waals surface area contributed by atoms with Crippen LogP contribution in [0.3, 0.4) is 0 Å². The molecule has 1 aliphatic rings. The monoisotopic (exact) mass is 208 g/mol. The van der Waals surface area contributed by atoms with Crippen LogP contribution in [0.2, 0.25) is 0 Å². The number of allylic oxidation sites excluding steroid dienone is 1. The number of rotatable bonds is 4. The van der Waals surface area contributed by atoms with Gasteiger partial charge in [0.1, 0.15) is 0 Å². The summed E-state index contributed by atoms with van der Waals surface area (Å²) >= 11 is 0. The predicted molar refractivity (Wildman–Crippen MR) is 62.3 cm³/mol. The summed E-state index contributed by atoms with van der Waals surface area (Å²) < 4.78 is 0. The average Bonchev–Trinajstić information content (AvgIpc) is 2.26. The van der Waals surface area contributed by atoms with Gasteiger partial charge in [0.15, 0.2) is 0 Å². The Bertz CT molecular complexity index is 290. The van der Waals surface area contributed by atoms with Gasteiger partial charge in [-0.25, -0.2) is 0 Å². The number of carbonyl (C=O) groups is 1. The lowest BCUT2D eigenvalue weighted by molar-refractivity contribution is -0.117. The molecule has 1 aliphatic carbocycles. The van der Waals surface area contributed by atoms with Crippen molar-refractivity contribution in [2.24, 2.45) is 11.7 Å². The lowest BCUT2D eigenvalue weighted by Gasteiger charge is -2.13. The first kappa shape index (κ1) is 12.0. The number of carbonyl (C=O) groups excluding carboxylic acids is 1. The lowest BCUT2D eigenvalue weighted by Crippen LogP contribution is -2.28. The van der Waals surface area contributed by atoms with E-state index in [-0.39, 0.29) is 5.91 Å². The summed E-state index contributed by atoms with van der Waals surface area (Å²) in [5, 5.41) is 2.90. The maximum atomic E-state index is 11.7. The minimum atomic E-state index is 0.0225. The fraction of sp³-hybridized carbons (Fsp3) is 0.583. The van der Waals surface area contributed by atoms with E-state index >= 15 is 0 Å². The van der Waals surface area contributed by atoms with Crippen LogP contribution in [0.25, 0.3) is 0 Å². The summed E-state index contributed by atoms with van der Waals surface area (Å²) in [6.45, 7) is 5.43. The molecule has 0 aromatic heterocycles. The van der Waals surface area contributed by atoms with Crippen molar-refractivity contribution in [3.8, 4) is 0 Å². The highest BCUT2D eigenvalue weighted by molar-refractivity contribution is 5.96. The van der Waals surface area contributed by atoms with Crippen LogP contribution in [-0.4, -0.2) is 19.0 Å². The molecule has 3 nitrogen and oxygen atoms in total. The predicted octanol–water partition coefficient (Wildman–Crippen LogP) is 1.36. The molecule has 0 saturated heterocycles. The summed E-state index contributed by atoms with van der Waals surface area (Å²) in [6, 6.07) is 0. The van der Waals surface area contributed by atoms with Crippen LogP contribution in [0.15, 0.2) is 23.3 Å². The highest BCUT2D eigenvalue weighted by Gasteiger charge is 2.11. The van der Waals surface area contributed by atoms with Crippen molar-refractivity contribution < 1.29 is 4.79 Å². The highest BCUT2D eigenvalue weighted by atomic mass is 16.1. The molecule has 3 N–H and O–H groups in total. The molecule has 1 amide bonds. The molecule has 0 unspecified atom stereocenters. The third-order valence-corrected chi connectivity index (χ3v) is 2.38. The molecule has 0 spiro atoms. The summed E-state index contributed by atoms with van der Waals surface area (Å²) in [5.41, 5.74) is 7.49. The van der Waals surface area contributed by atoms with Crippen molar-refractivity contribution in [2.45, 2.75) is 26.7 Å². The van der Waals surface area contributed by atoms with Gasteiger partial charge in [-0.1, -0.05) is 25.5 Å². The minimum absolute atomic E-state index is 0.0225. The molecule has 1 rings (SSSR count). The zero-order valence-electron chi connectivity index (χ0n) is 9.55. The summed E-state index contributed by atoms with van der Waals surface area (Å²) in [5.74, 6) is 0.505. The topological polar surface area (TPSA) is 55.1 Å². The summed E-state index contributed by atoms with van der Waals surface area (Å²) in [6.07, 6.45) is 5.80. The van der Waals surface area contributed by atoms with Crippen LogP contribution >= 0.6 is 0 Å². The lowest BCUT2D eigenvalue weighted by atomic mass is 9.99. The van der Waals surface area contributed by atoms with Crippen molar-refractivity contribution in [1.29, 1.82) is 0 Å². The number of amides is 1. The third kappa shape index (κ3) is 3.88. The SMILES string of the molecule is CC(C)CNC(=O)C1=CCCC(CN)=C1. The van der Waals surface area contributed by atoms with Gasteiger partial charge in [0.25, 0.3) is 5.91 Å². The van der Waals surface area contributed by atoms with Crippen LogP contribution in [-0.2, 0) is 4.79 Å². The van der Waals surface area contributed by atoms with E-state index in [1.807, 2.05) is 12.2 Å². The smallest absolute Gasteiger partial charge is 0.250 e. The van der Waals surface area contributed by atoms with Crippen molar-refractivity contribution in [1.82, 2.24) is 5.32 Å². The van der Waals surface area contributed by atoms with Gasteiger partial charge in [-0.05, 0) is 24.8 Å². The molecule has 0 radical (unpaired) electrons. The largest absolute Gasteiger partial charge is 0.352 e. The fourth-order valence-electron chi connectivity index (χ4n) is 1.48. The van der Waals surface area contributed by atoms with Gasteiger partial charge in [-0.15, -0.1) is 0 Å². The van der Waals surface area contributed by atoms with Crippen LogP contribution in [0.1, 0.15) is 26.7 Å². The van der Waals surface area contributed by atoms with Gasteiger partial charge in [0, 0.05) is 18.7 Å². The zero-order chi connectivity index (χ0) is 11.3. The second kappa shape index (κ2) is 5.71. The van der Waals surface area contributed by atoms with Gasteiger partial charge in [-0.3, -0.25) is 4.79 Å².